The molecule has 0 aliphatic carbocycles. The molecule has 2 heterocycles. The van der Waals surface area contributed by atoms with E-state index in [-0.39, 0.29) is 17.4 Å². The SMILES string of the molecule is Cc1nc2ccc(C(=O)NC(Cn3ccnc3)C(C)(C)C)cc2s1. The number of carbonyl (C=O) groups is 1. The van der Waals surface area contributed by atoms with Crippen molar-refractivity contribution in [3.8, 4) is 0 Å². The smallest absolute Gasteiger partial charge is 0.251 e. The van der Waals surface area contributed by atoms with Crippen molar-refractivity contribution in [2.75, 3.05) is 0 Å². The van der Waals surface area contributed by atoms with Crippen molar-refractivity contribution in [3.05, 3.63) is 47.5 Å². The van der Waals surface area contributed by atoms with Crippen molar-refractivity contribution < 1.29 is 4.79 Å². The second-order valence-corrected chi connectivity index (χ2v) is 8.30. The zero-order valence-corrected chi connectivity index (χ0v) is 15.2. The van der Waals surface area contributed by atoms with E-state index in [0.717, 1.165) is 15.2 Å². The Balaban J connectivity index is 1.80. The zero-order chi connectivity index (χ0) is 17.3. The fourth-order valence-corrected chi connectivity index (χ4v) is 3.43. The summed E-state index contributed by atoms with van der Waals surface area (Å²) >= 11 is 1.61. The lowest BCUT2D eigenvalue weighted by Crippen LogP contribution is -2.46. The lowest BCUT2D eigenvalue weighted by Gasteiger charge is -2.31. The van der Waals surface area contributed by atoms with Gasteiger partial charge in [-0.25, -0.2) is 9.97 Å². The molecule has 0 saturated heterocycles. The van der Waals surface area contributed by atoms with Gasteiger partial charge in [0.25, 0.3) is 5.91 Å². The summed E-state index contributed by atoms with van der Waals surface area (Å²) in [5.74, 6) is -0.0528. The highest BCUT2D eigenvalue weighted by Crippen LogP contribution is 2.24. The molecule has 3 rings (SSSR count). The van der Waals surface area contributed by atoms with Gasteiger partial charge in [0.1, 0.15) is 0 Å². The second kappa shape index (κ2) is 6.36. The molecule has 1 atom stereocenters. The number of amides is 1. The fourth-order valence-electron chi connectivity index (χ4n) is 2.56. The van der Waals surface area contributed by atoms with Crippen LogP contribution < -0.4 is 5.32 Å². The van der Waals surface area contributed by atoms with Crippen LogP contribution >= 0.6 is 11.3 Å². The van der Waals surface area contributed by atoms with Crippen LogP contribution in [0.1, 0.15) is 36.1 Å². The molecule has 5 nitrogen and oxygen atoms in total. The van der Waals surface area contributed by atoms with Crippen molar-refractivity contribution in [2.24, 2.45) is 5.41 Å². The van der Waals surface area contributed by atoms with Gasteiger partial charge in [-0.05, 0) is 30.5 Å². The minimum Gasteiger partial charge on any atom is -0.347 e. The Kier molecular flexibility index (Phi) is 4.41. The molecule has 2 aromatic heterocycles. The third-order valence-corrected chi connectivity index (χ3v) is 4.99. The quantitative estimate of drug-likeness (QED) is 0.787. The van der Waals surface area contributed by atoms with Gasteiger partial charge in [0.2, 0.25) is 0 Å². The third-order valence-electron chi connectivity index (χ3n) is 4.06. The van der Waals surface area contributed by atoms with Gasteiger partial charge >= 0.3 is 0 Å². The van der Waals surface area contributed by atoms with Crippen LogP contribution in [0.25, 0.3) is 10.2 Å². The van der Waals surface area contributed by atoms with Crippen LogP contribution in [0.2, 0.25) is 0 Å². The summed E-state index contributed by atoms with van der Waals surface area (Å²) in [5.41, 5.74) is 1.55. The maximum absolute atomic E-state index is 12.7. The van der Waals surface area contributed by atoms with E-state index in [1.807, 2.05) is 35.9 Å². The van der Waals surface area contributed by atoms with Crippen molar-refractivity contribution in [1.82, 2.24) is 19.9 Å². The molecule has 1 unspecified atom stereocenters. The van der Waals surface area contributed by atoms with Crippen LogP contribution in [0.15, 0.2) is 36.9 Å². The van der Waals surface area contributed by atoms with E-state index in [1.54, 1.807) is 23.9 Å². The topological polar surface area (TPSA) is 59.8 Å². The minimum absolute atomic E-state index is 0.00177. The number of nitrogens with zero attached hydrogens (tertiary/aromatic N) is 3. The van der Waals surface area contributed by atoms with Crippen LogP contribution in [0.3, 0.4) is 0 Å². The molecule has 0 bridgehead atoms. The first-order valence-corrected chi connectivity index (χ1v) is 8.78. The normalized spacial score (nSPS) is 13.2. The molecule has 1 amide bonds. The Hall–Kier alpha value is -2.21. The molecule has 126 valence electrons. The molecule has 0 saturated carbocycles. The Morgan fingerprint density at radius 3 is 2.83 bits per heavy atom. The van der Waals surface area contributed by atoms with Crippen molar-refractivity contribution in [1.29, 1.82) is 0 Å². The summed E-state index contributed by atoms with van der Waals surface area (Å²) in [6.45, 7) is 9.06. The van der Waals surface area contributed by atoms with Gasteiger partial charge in [0.05, 0.1) is 27.6 Å². The number of rotatable bonds is 4. The van der Waals surface area contributed by atoms with Crippen LogP contribution in [0, 0.1) is 12.3 Å². The summed E-state index contributed by atoms with van der Waals surface area (Å²) in [7, 11) is 0. The van der Waals surface area contributed by atoms with Crippen LogP contribution in [-0.4, -0.2) is 26.5 Å². The van der Waals surface area contributed by atoms with E-state index in [9.17, 15) is 4.79 Å². The van der Waals surface area contributed by atoms with Gasteiger partial charge in [-0.3, -0.25) is 4.79 Å². The maximum atomic E-state index is 12.7. The molecule has 0 radical (unpaired) electrons. The van der Waals surface area contributed by atoms with Crippen molar-refractivity contribution >= 4 is 27.5 Å². The van der Waals surface area contributed by atoms with E-state index < -0.39 is 0 Å². The summed E-state index contributed by atoms with van der Waals surface area (Å²) < 4.78 is 3.04. The van der Waals surface area contributed by atoms with Gasteiger partial charge in [-0.1, -0.05) is 20.8 Å². The van der Waals surface area contributed by atoms with Gasteiger partial charge in [-0.2, -0.15) is 0 Å². The van der Waals surface area contributed by atoms with E-state index in [0.29, 0.717) is 12.1 Å². The number of thiazole rings is 1. The molecule has 0 aliphatic rings. The number of nitrogens with one attached hydrogen (secondary N) is 1. The first-order valence-electron chi connectivity index (χ1n) is 7.97. The number of carbonyl (C=O) groups excluding carboxylic acids is 1. The molecule has 1 N–H and O–H groups in total. The standard InChI is InChI=1S/C18H22N4OS/c1-12-20-14-6-5-13(9-15(14)24-12)17(23)21-16(18(2,3)4)10-22-8-7-19-11-22/h5-9,11,16H,10H2,1-4H3,(H,21,23). The number of imidazole rings is 1. The van der Waals surface area contributed by atoms with Gasteiger partial charge < -0.3 is 9.88 Å². The predicted molar refractivity (Wildman–Crippen MR) is 97.3 cm³/mol. The van der Waals surface area contributed by atoms with Gasteiger partial charge in [0, 0.05) is 24.5 Å². The Morgan fingerprint density at radius 2 is 2.17 bits per heavy atom. The molecule has 0 spiro atoms. The highest BCUT2D eigenvalue weighted by Gasteiger charge is 2.27. The maximum Gasteiger partial charge on any atom is 0.251 e. The number of benzene rings is 1. The Morgan fingerprint density at radius 1 is 1.38 bits per heavy atom. The van der Waals surface area contributed by atoms with Crippen LogP contribution in [0.5, 0.6) is 0 Å². The molecule has 6 heteroatoms. The van der Waals surface area contributed by atoms with Gasteiger partial charge in [-0.15, -0.1) is 11.3 Å². The van der Waals surface area contributed by atoms with Gasteiger partial charge in [0.15, 0.2) is 0 Å². The van der Waals surface area contributed by atoms with Crippen molar-refractivity contribution in [2.45, 2.75) is 40.3 Å². The van der Waals surface area contributed by atoms with E-state index in [2.05, 4.69) is 36.1 Å². The van der Waals surface area contributed by atoms with Crippen LogP contribution in [0.4, 0.5) is 0 Å². The van der Waals surface area contributed by atoms with E-state index >= 15 is 0 Å². The number of aryl methyl sites for hydroxylation is 1. The van der Waals surface area contributed by atoms with Crippen LogP contribution in [-0.2, 0) is 6.54 Å². The first kappa shape index (κ1) is 16.6. The summed E-state index contributed by atoms with van der Waals surface area (Å²) in [6, 6.07) is 5.67. The molecule has 1 aromatic carbocycles. The monoisotopic (exact) mass is 342 g/mol. The molecule has 3 aromatic rings. The third kappa shape index (κ3) is 3.64. The average molecular weight is 342 g/mol. The number of aromatic nitrogens is 3. The zero-order valence-electron chi connectivity index (χ0n) is 14.4. The highest BCUT2D eigenvalue weighted by molar-refractivity contribution is 7.18. The fraction of sp³-hybridized carbons (Fsp3) is 0.389. The van der Waals surface area contributed by atoms with Crippen molar-refractivity contribution in [3.63, 3.8) is 0 Å². The largest absolute Gasteiger partial charge is 0.347 e. The molecule has 24 heavy (non-hydrogen) atoms. The highest BCUT2D eigenvalue weighted by atomic mass is 32.1. The minimum atomic E-state index is -0.0644. The number of hydrogen-bond acceptors (Lipinski definition) is 4. The summed E-state index contributed by atoms with van der Waals surface area (Å²) in [6.07, 6.45) is 5.44. The number of fused-ring (bicyclic) bond motifs is 1. The van der Waals surface area contributed by atoms with E-state index in [4.69, 9.17) is 0 Å². The summed E-state index contributed by atoms with van der Waals surface area (Å²) in [4.78, 5) is 21.2. The Bertz CT molecular complexity index is 846. The number of hydrogen-bond donors (Lipinski definition) is 1. The molecule has 0 aliphatic heterocycles. The second-order valence-electron chi connectivity index (χ2n) is 7.07. The predicted octanol–water partition coefficient (Wildman–Crippen LogP) is 3.65. The first-order chi connectivity index (χ1) is 11.3. The average Bonchev–Trinajstić information content (AvgIpc) is 3.12. The lowest BCUT2D eigenvalue weighted by molar-refractivity contribution is 0.0893. The Labute approximate surface area is 145 Å². The lowest BCUT2D eigenvalue weighted by atomic mass is 9.86. The summed E-state index contributed by atoms with van der Waals surface area (Å²) in [5, 5.41) is 4.19. The van der Waals surface area contributed by atoms with E-state index in [1.165, 1.54) is 0 Å². The molecule has 0 fully saturated rings. The molecular formula is C18H22N4OS. The molecular weight excluding hydrogens is 320 g/mol.